The summed E-state index contributed by atoms with van der Waals surface area (Å²) in [6.45, 7) is 8.21. The fourth-order valence-electron chi connectivity index (χ4n) is 4.81. The van der Waals surface area contributed by atoms with Crippen LogP contribution in [0.15, 0.2) is 96.1 Å². The number of halogens is 1. The first kappa shape index (κ1) is 25.3. The quantitative estimate of drug-likeness (QED) is 0.182. The van der Waals surface area contributed by atoms with E-state index in [-0.39, 0.29) is 5.91 Å². The lowest BCUT2D eigenvalue weighted by molar-refractivity contribution is 0.0955. The van der Waals surface area contributed by atoms with E-state index in [1.54, 1.807) is 6.21 Å². The highest BCUT2D eigenvalue weighted by atomic mass is 35.5. The monoisotopic (exact) mass is 520 g/mol. The van der Waals surface area contributed by atoms with Crippen LogP contribution in [0, 0.1) is 27.7 Å². The molecule has 3 aromatic carbocycles. The first-order valence-corrected chi connectivity index (χ1v) is 12.8. The van der Waals surface area contributed by atoms with Crippen molar-refractivity contribution >= 4 is 23.7 Å². The van der Waals surface area contributed by atoms with Gasteiger partial charge in [-0.2, -0.15) is 5.10 Å². The van der Waals surface area contributed by atoms with Gasteiger partial charge in [-0.25, -0.2) is 5.43 Å². The Balaban J connectivity index is 1.32. The molecular formula is C32H29ClN4O. The molecule has 0 saturated carbocycles. The molecule has 5 rings (SSSR count). The van der Waals surface area contributed by atoms with Crippen LogP contribution in [-0.2, 0) is 0 Å². The van der Waals surface area contributed by atoms with Crippen molar-refractivity contribution < 1.29 is 4.79 Å². The molecule has 2 aromatic heterocycles. The number of amides is 1. The van der Waals surface area contributed by atoms with Crippen molar-refractivity contribution in [2.45, 2.75) is 27.7 Å². The minimum Gasteiger partial charge on any atom is -0.318 e. The van der Waals surface area contributed by atoms with E-state index in [4.69, 9.17) is 11.6 Å². The zero-order valence-corrected chi connectivity index (χ0v) is 22.6. The van der Waals surface area contributed by atoms with Crippen molar-refractivity contribution in [2.24, 2.45) is 5.10 Å². The summed E-state index contributed by atoms with van der Waals surface area (Å²) in [5.41, 5.74) is 12.7. The number of nitrogens with one attached hydrogen (secondary N) is 1. The first-order chi connectivity index (χ1) is 18.3. The van der Waals surface area contributed by atoms with E-state index in [9.17, 15) is 4.79 Å². The zero-order valence-electron chi connectivity index (χ0n) is 21.9. The Hall–Kier alpha value is -4.35. The number of hydrogen-bond acceptors (Lipinski definition) is 2. The molecule has 5 nitrogen and oxygen atoms in total. The maximum Gasteiger partial charge on any atom is 0.271 e. The molecule has 0 fully saturated rings. The smallest absolute Gasteiger partial charge is 0.271 e. The highest BCUT2D eigenvalue weighted by Crippen LogP contribution is 2.27. The molecule has 5 aromatic rings. The summed E-state index contributed by atoms with van der Waals surface area (Å²) in [6, 6.07) is 29.9. The summed E-state index contributed by atoms with van der Waals surface area (Å²) in [5.74, 6) is -0.264. The maximum absolute atomic E-state index is 12.8. The molecule has 38 heavy (non-hydrogen) atoms. The van der Waals surface area contributed by atoms with Crippen LogP contribution >= 0.6 is 11.6 Å². The number of nitrogens with zero attached hydrogens (tertiary/aromatic N) is 3. The molecule has 0 spiro atoms. The summed E-state index contributed by atoms with van der Waals surface area (Å²) in [5, 5.41) is 4.93. The summed E-state index contributed by atoms with van der Waals surface area (Å²) < 4.78 is 4.34. The average molecular weight is 521 g/mol. The van der Waals surface area contributed by atoms with Crippen molar-refractivity contribution in [3.05, 3.63) is 130 Å². The van der Waals surface area contributed by atoms with Crippen LogP contribution in [0.5, 0.6) is 0 Å². The SMILES string of the molecule is Cc1ccc(Cl)cc1-n1c(C)cc(/C=N/NC(=O)c2ccc(-n3c(C)ccc3-c3ccccc3)cc2)c1C. The topological polar surface area (TPSA) is 51.3 Å². The van der Waals surface area contributed by atoms with Gasteiger partial charge < -0.3 is 9.13 Å². The normalized spacial score (nSPS) is 11.3. The van der Waals surface area contributed by atoms with Gasteiger partial charge in [0.05, 0.1) is 11.9 Å². The average Bonchev–Trinajstić information content (AvgIpc) is 3.44. The molecule has 0 bridgehead atoms. The van der Waals surface area contributed by atoms with Crippen LogP contribution < -0.4 is 5.43 Å². The number of aryl methyl sites for hydroxylation is 3. The number of aromatic nitrogens is 2. The number of hydrazone groups is 1. The Morgan fingerprint density at radius 1 is 0.816 bits per heavy atom. The van der Waals surface area contributed by atoms with E-state index >= 15 is 0 Å². The molecule has 0 atom stereocenters. The second kappa shape index (κ2) is 10.6. The zero-order chi connectivity index (χ0) is 26.8. The molecule has 6 heteroatoms. The van der Waals surface area contributed by atoms with Crippen LogP contribution in [0.2, 0.25) is 5.02 Å². The molecular weight excluding hydrogens is 492 g/mol. The fraction of sp³-hybridized carbons (Fsp3) is 0.125. The Labute approximate surface area is 228 Å². The molecule has 2 heterocycles. The van der Waals surface area contributed by atoms with Crippen molar-refractivity contribution in [3.63, 3.8) is 0 Å². The molecule has 190 valence electrons. The van der Waals surface area contributed by atoms with Gasteiger partial charge in [-0.05, 0) is 93.4 Å². The van der Waals surface area contributed by atoms with Crippen molar-refractivity contribution in [1.82, 2.24) is 14.6 Å². The van der Waals surface area contributed by atoms with Crippen LogP contribution in [0.1, 0.15) is 38.6 Å². The largest absolute Gasteiger partial charge is 0.318 e. The predicted octanol–water partition coefficient (Wildman–Crippen LogP) is 7.59. The van der Waals surface area contributed by atoms with Crippen molar-refractivity contribution in [1.29, 1.82) is 0 Å². The van der Waals surface area contributed by atoms with Gasteiger partial charge in [0.2, 0.25) is 0 Å². The van der Waals surface area contributed by atoms with Crippen molar-refractivity contribution in [2.75, 3.05) is 0 Å². The minimum absolute atomic E-state index is 0.264. The van der Waals surface area contributed by atoms with Gasteiger partial charge in [0.25, 0.3) is 5.91 Å². The second-order valence-electron chi connectivity index (χ2n) is 9.40. The summed E-state index contributed by atoms with van der Waals surface area (Å²) in [7, 11) is 0. The molecule has 0 unspecified atom stereocenters. The van der Waals surface area contributed by atoms with Gasteiger partial charge in [-0.15, -0.1) is 0 Å². The molecule has 0 radical (unpaired) electrons. The lowest BCUT2D eigenvalue weighted by Crippen LogP contribution is -2.17. The van der Waals surface area contributed by atoms with E-state index in [0.717, 1.165) is 50.8 Å². The van der Waals surface area contributed by atoms with Crippen LogP contribution in [0.3, 0.4) is 0 Å². The number of rotatable bonds is 6. The van der Waals surface area contributed by atoms with Crippen LogP contribution in [-0.4, -0.2) is 21.3 Å². The van der Waals surface area contributed by atoms with Gasteiger partial charge >= 0.3 is 0 Å². The van der Waals surface area contributed by atoms with Gasteiger partial charge in [-0.3, -0.25) is 4.79 Å². The third-order valence-corrected chi connectivity index (χ3v) is 7.02. The van der Waals surface area contributed by atoms with E-state index < -0.39 is 0 Å². The van der Waals surface area contributed by atoms with E-state index in [1.807, 2.05) is 80.6 Å². The third-order valence-electron chi connectivity index (χ3n) is 6.79. The Morgan fingerprint density at radius 2 is 1.55 bits per heavy atom. The van der Waals surface area contributed by atoms with Gasteiger partial charge in [0.1, 0.15) is 0 Å². The fourth-order valence-corrected chi connectivity index (χ4v) is 4.98. The lowest BCUT2D eigenvalue weighted by Gasteiger charge is -2.13. The van der Waals surface area contributed by atoms with Crippen molar-refractivity contribution in [3.8, 4) is 22.6 Å². The predicted molar refractivity (Wildman–Crippen MR) is 156 cm³/mol. The second-order valence-corrected chi connectivity index (χ2v) is 9.84. The Kier molecular flexibility index (Phi) is 7.03. The summed E-state index contributed by atoms with van der Waals surface area (Å²) in [4.78, 5) is 12.8. The molecule has 0 aliphatic carbocycles. The highest BCUT2D eigenvalue weighted by molar-refractivity contribution is 6.30. The van der Waals surface area contributed by atoms with Gasteiger partial charge in [0, 0.05) is 44.6 Å². The number of benzene rings is 3. The van der Waals surface area contributed by atoms with E-state index in [0.29, 0.717) is 10.6 Å². The summed E-state index contributed by atoms with van der Waals surface area (Å²) in [6.07, 6.45) is 1.68. The van der Waals surface area contributed by atoms with E-state index in [2.05, 4.69) is 57.8 Å². The van der Waals surface area contributed by atoms with Crippen LogP contribution in [0.4, 0.5) is 0 Å². The minimum atomic E-state index is -0.264. The third kappa shape index (κ3) is 4.93. The molecule has 0 saturated heterocycles. The van der Waals surface area contributed by atoms with Crippen LogP contribution in [0.25, 0.3) is 22.6 Å². The molecule has 1 N–H and O–H groups in total. The number of carbonyl (C=O) groups is 1. The number of carbonyl (C=O) groups excluding carboxylic acids is 1. The van der Waals surface area contributed by atoms with Gasteiger partial charge in [0.15, 0.2) is 0 Å². The summed E-state index contributed by atoms with van der Waals surface area (Å²) >= 11 is 6.25. The Bertz CT molecular complexity index is 1640. The first-order valence-electron chi connectivity index (χ1n) is 12.5. The van der Waals surface area contributed by atoms with E-state index in [1.165, 1.54) is 0 Å². The highest BCUT2D eigenvalue weighted by Gasteiger charge is 2.13. The molecule has 0 aliphatic heterocycles. The lowest BCUT2D eigenvalue weighted by atomic mass is 10.1. The maximum atomic E-state index is 12.8. The number of hydrogen-bond donors (Lipinski definition) is 1. The van der Waals surface area contributed by atoms with Gasteiger partial charge in [-0.1, -0.05) is 48.0 Å². The molecule has 0 aliphatic rings. The molecule has 1 amide bonds. The standard InChI is InChI=1S/C32H29ClN4O/c1-21-10-14-28(33)19-31(21)36-23(3)18-27(24(36)4)20-34-35-32(38)26-12-15-29(16-13-26)37-22(2)11-17-30(37)25-8-6-5-7-9-25/h5-20H,1-4H3,(H,35,38)/b34-20+. The Morgan fingerprint density at radius 3 is 2.29 bits per heavy atom.